The molecule has 1 fully saturated rings. The number of hydrogen-bond acceptors (Lipinski definition) is 2. The topological polar surface area (TPSA) is 29.5 Å². The largest absolute Gasteiger partial charge is 0.386 e. The molecule has 2 rings (SSSR count). The van der Waals surface area contributed by atoms with Crippen molar-refractivity contribution in [3.05, 3.63) is 35.6 Å². The van der Waals surface area contributed by atoms with Crippen molar-refractivity contribution >= 4 is 0 Å². The molecule has 0 spiro atoms. The van der Waals surface area contributed by atoms with Gasteiger partial charge in [0.2, 0.25) is 0 Å². The molecule has 1 N–H and O–H groups in total. The van der Waals surface area contributed by atoms with Gasteiger partial charge in [0, 0.05) is 12.2 Å². The highest BCUT2D eigenvalue weighted by Gasteiger charge is 2.22. The minimum atomic E-state index is -0.857. The second kappa shape index (κ2) is 4.73. The summed E-state index contributed by atoms with van der Waals surface area (Å²) in [5.74, 6) is 0.290. The number of aliphatic hydroxyl groups excluding tert-OH is 1. The Labute approximate surface area is 88.7 Å². The summed E-state index contributed by atoms with van der Waals surface area (Å²) in [7, 11) is 0. The Morgan fingerprint density at radius 2 is 2.13 bits per heavy atom. The average Bonchev–Trinajstić information content (AvgIpc) is 3.02. The van der Waals surface area contributed by atoms with Crippen LogP contribution in [0.2, 0.25) is 0 Å². The third kappa shape index (κ3) is 3.01. The Morgan fingerprint density at radius 1 is 1.40 bits per heavy atom. The monoisotopic (exact) mass is 210 g/mol. The molecule has 2 nitrogen and oxygen atoms in total. The molecule has 0 radical (unpaired) electrons. The fourth-order valence-corrected chi connectivity index (χ4v) is 1.47. The number of benzene rings is 1. The zero-order valence-corrected chi connectivity index (χ0v) is 8.53. The lowest BCUT2D eigenvalue weighted by Crippen LogP contribution is -2.10. The molecule has 1 saturated carbocycles. The van der Waals surface area contributed by atoms with Gasteiger partial charge in [-0.25, -0.2) is 4.39 Å². The van der Waals surface area contributed by atoms with Gasteiger partial charge in [0.25, 0.3) is 0 Å². The molecule has 1 aliphatic carbocycles. The average molecular weight is 210 g/mol. The maximum absolute atomic E-state index is 13.2. The molecule has 3 heteroatoms. The van der Waals surface area contributed by atoms with Crippen LogP contribution in [0.15, 0.2) is 24.3 Å². The van der Waals surface area contributed by atoms with Gasteiger partial charge >= 0.3 is 0 Å². The van der Waals surface area contributed by atoms with Gasteiger partial charge in [0.05, 0.1) is 6.61 Å². The smallest absolute Gasteiger partial charge is 0.129 e. The quantitative estimate of drug-likeness (QED) is 0.808. The molecule has 1 aliphatic rings. The zero-order chi connectivity index (χ0) is 10.7. The van der Waals surface area contributed by atoms with Crippen molar-refractivity contribution in [3.8, 4) is 0 Å². The first-order chi connectivity index (χ1) is 7.27. The van der Waals surface area contributed by atoms with Crippen LogP contribution in [0.25, 0.3) is 0 Å². The lowest BCUT2D eigenvalue weighted by molar-refractivity contribution is 0.0298. The van der Waals surface area contributed by atoms with Gasteiger partial charge in [0.15, 0.2) is 0 Å². The maximum atomic E-state index is 13.2. The van der Waals surface area contributed by atoms with Gasteiger partial charge in [-0.3, -0.25) is 0 Å². The SMILES string of the molecule is OC(COCC1CC1)c1ccccc1F. The van der Waals surface area contributed by atoms with Crippen LogP contribution in [0.5, 0.6) is 0 Å². The van der Waals surface area contributed by atoms with E-state index in [2.05, 4.69) is 0 Å². The molecular weight excluding hydrogens is 195 g/mol. The van der Waals surface area contributed by atoms with E-state index in [9.17, 15) is 9.50 Å². The first-order valence-electron chi connectivity index (χ1n) is 5.27. The Hall–Kier alpha value is -0.930. The summed E-state index contributed by atoms with van der Waals surface area (Å²) in [6.07, 6.45) is 1.58. The van der Waals surface area contributed by atoms with Crippen molar-refractivity contribution in [3.63, 3.8) is 0 Å². The molecule has 1 aromatic carbocycles. The molecule has 0 bridgehead atoms. The summed E-state index contributed by atoms with van der Waals surface area (Å²) in [6, 6.07) is 6.25. The Balaban J connectivity index is 1.83. The van der Waals surface area contributed by atoms with Crippen LogP contribution in [-0.2, 0) is 4.74 Å². The van der Waals surface area contributed by atoms with E-state index in [1.165, 1.54) is 18.9 Å². The number of rotatable bonds is 5. The van der Waals surface area contributed by atoms with Crippen LogP contribution in [0.3, 0.4) is 0 Å². The third-order valence-electron chi connectivity index (χ3n) is 2.59. The van der Waals surface area contributed by atoms with E-state index in [0.717, 1.165) is 0 Å². The standard InChI is InChI=1S/C12H15FO2/c13-11-4-2-1-3-10(11)12(14)8-15-7-9-5-6-9/h1-4,9,12,14H,5-8H2. The van der Waals surface area contributed by atoms with Crippen LogP contribution in [0.4, 0.5) is 4.39 Å². The molecule has 1 unspecified atom stereocenters. The van der Waals surface area contributed by atoms with Gasteiger partial charge < -0.3 is 9.84 Å². The van der Waals surface area contributed by atoms with Gasteiger partial charge in [-0.05, 0) is 24.8 Å². The third-order valence-corrected chi connectivity index (χ3v) is 2.59. The summed E-state index contributed by atoms with van der Waals surface area (Å²) >= 11 is 0. The van der Waals surface area contributed by atoms with E-state index in [1.54, 1.807) is 18.2 Å². The minimum absolute atomic E-state index is 0.178. The molecule has 0 saturated heterocycles. The molecule has 15 heavy (non-hydrogen) atoms. The summed E-state index contributed by atoms with van der Waals surface area (Å²) in [4.78, 5) is 0. The van der Waals surface area contributed by atoms with Crippen LogP contribution in [0.1, 0.15) is 24.5 Å². The molecular formula is C12H15FO2. The first kappa shape index (κ1) is 10.6. The van der Waals surface area contributed by atoms with Crippen molar-refractivity contribution < 1.29 is 14.2 Å². The zero-order valence-electron chi connectivity index (χ0n) is 8.53. The lowest BCUT2D eigenvalue weighted by Gasteiger charge is -2.11. The van der Waals surface area contributed by atoms with Gasteiger partial charge in [0.1, 0.15) is 11.9 Å². The highest BCUT2D eigenvalue weighted by atomic mass is 19.1. The van der Waals surface area contributed by atoms with Gasteiger partial charge in [-0.15, -0.1) is 0 Å². The van der Waals surface area contributed by atoms with E-state index in [-0.39, 0.29) is 12.4 Å². The summed E-state index contributed by atoms with van der Waals surface area (Å²) < 4.78 is 18.5. The number of ether oxygens (including phenoxy) is 1. The Bertz CT molecular complexity index is 323. The Kier molecular flexibility index (Phi) is 3.34. The summed E-state index contributed by atoms with van der Waals surface area (Å²) in [6.45, 7) is 0.864. The maximum Gasteiger partial charge on any atom is 0.129 e. The van der Waals surface area contributed by atoms with E-state index < -0.39 is 6.10 Å². The predicted molar refractivity (Wildman–Crippen MR) is 54.9 cm³/mol. The fraction of sp³-hybridized carbons (Fsp3) is 0.500. The van der Waals surface area contributed by atoms with Crippen LogP contribution < -0.4 is 0 Å². The van der Waals surface area contributed by atoms with E-state index >= 15 is 0 Å². The van der Waals surface area contributed by atoms with Crippen molar-refractivity contribution in [2.75, 3.05) is 13.2 Å². The van der Waals surface area contributed by atoms with Gasteiger partial charge in [-0.2, -0.15) is 0 Å². The molecule has 0 heterocycles. The van der Waals surface area contributed by atoms with Crippen molar-refractivity contribution in [1.82, 2.24) is 0 Å². The first-order valence-corrected chi connectivity index (χ1v) is 5.27. The predicted octanol–water partition coefficient (Wildman–Crippen LogP) is 2.29. The lowest BCUT2D eigenvalue weighted by atomic mass is 10.1. The highest BCUT2D eigenvalue weighted by Crippen LogP contribution is 2.29. The van der Waals surface area contributed by atoms with E-state index in [0.29, 0.717) is 18.1 Å². The molecule has 1 aromatic rings. The molecule has 1 atom stereocenters. The number of halogens is 1. The van der Waals surface area contributed by atoms with Crippen LogP contribution in [-0.4, -0.2) is 18.3 Å². The molecule has 0 aromatic heterocycles. The van der Waals surface area contributed by atoms with E-state index in [1.807, 2.05) is 0 Å². The summed E-state index contributed by atoms with van der Waals surface area (Å²) in [5, 5.41) is 9.67. The van der Waals surface area contributed by atoms with Crippen LogP contribution in [0, 0.1) is 11.7 Å². The second-order valence-corrected chi connectivity index (χ2v) is 4.02. The molecule has 82 valence electrons. The van der Waals surface area contributed by atoms with Crippen LogP contribution >= 0.6 is 0 Å². The Morgan fingerprint density at radius 3 is 2.80 bits per heavy atom. The normalized spacial score (nSPS) is 17.7. The van der Waals surface area contributed by atoms with Crippen molar-refractivity contribution in [2.24, 2.45) is 5.92 Å². The molecule has 0 amide bonds. The van der Waals surface area contributed by atoms with Crippen molar-refractivity contribution in [2.45, 2.75) is 18.9 Å². The minimum Gasteiger partial charge on any atom is -0.386 e. The summed E-state index contributed by atoms with van der Waals surface area (Å²) in [5.41, 5.74) is 0.313. The van der Waals surface area contributed by atoms with E-state index in [4.69, 9.17) is 4.74 Å². The van der Waals surface area contributed by atoms with Gasteiger partial charge in [-0.1, -0.05) is 18.2 Å². The highest BCUT2D eigenvalue weighted by molar-refractivity contribution is 5.19. The number of aliphatic hydroxyl groups is 1. The fourth-order valence-electron chi connectivity index (χ4n) is 1.47. The second-order valence-electron chi connectivity index (χ2n) is 4.02. The molecule has 0 aliphatic heterocycles. The number of hydrogen-bond donors (Lipinski definition) is 1. The van der Waals surface area contributed by atoms with Crippen molar-refractivity contribution in [1.29, 1.82) is 0 Å².